The molecule has 5 heteroatoms. The summed E-state index contributed by atoms with van der Waals surface area (Å²) in [7, 11) is 0. The van der Waals surface area contributed by atoms with E-state index in [-0.39, 0.29) is 17.7 Å². The molecule has 0 aliphatic heterocycles. The van der Waals surface area contributed by atoms with E-state index in [9.17, 15) is 18.4 Å². The van der Waals surface area contributed by atoms with Crippen LogP contribution in [0.3, 0.4) is 0 Å². The highest BCUT2D eigenvalue weighted by atomic mass is 19.1. The average molecular weight is 237 g/mol. The van der Waals surface area contributed by atoms with Crippen LogP contribution in [0.4, 0.5) is 8.78 Å². The van der Waals surface area contributed by atoms with Crippen molar-refractivity contribution < 1.29 is 18.4 Å². The molecule has 1 rings (SSSR count). The van der Waals surface area contributed by atoms with E-state index < -0.39 is 23.3 Å². The zero-order chi connectivity index (χ0) is 13.0. The van der Waals surface area contributed by atoms with Crippen molar-refractivity contribution in [3.05, 3.63) is 34.9 Å². The molecule has 0 radical (unpaired) electrons. The monoisotopic (exact) mass is 237 g/mol. The maximum absolute atomic E-state index is 13.4. The number of hydrogen-bond acceptors (Lipinski definition) is 2. The summed E-state index contributed by atoms with van der Waals surface area (Å²) in [4.78, 5) is 22.0. The molecule has 0 bridgehead atoms. The Kier molecular flexibility index (Phi) is 3.94. The van der Waals surface area contributed by atoms with Gasteiger partial charge in [0.25, 0.3) is 5.91 Å². The van der Waals surface area contributed by atoms with Crippen LogP contribution in [0.5, 0.6) is 0 Å². The fourth-order valence-corrected chi connectivity index (χ4v) is 1.32. The number of carbonyl (C=O) groups is 2. The Morgan fingerprint density at radius 3 is 2.59 bits per heavy atom. The SMILES string of the molecule is C#CC(=O)NCc1c(F)cc(F)cc1C(C)=O. The largest absolute Gasteiger partial charge is 0.341 e. The Balaban J connectivity index is 3.09. The van der Waals surface area contributed by atoms with Gasteiger partial charge in [-0.05, 0) is 18.9 Å². The van der Waals surface area contributed by atoms with Gasteiger partial charge in [-0.3, -0.25) is 9.59 Å². The number of hydrogen-bond donors (Lipinski definition) is 1. The Morgan fingerprint density at radius 1 is 1.41 bits per heavy atom. The normalized spacial score (nSPS) is 9.53. The van der Waals surface area contributed by atoms with Gasteiger partial charge in [0.2, 0.25) is 0 Å². The number of ketones is 1. The molecule has 0 fully saturated rings. The number of halogens is 2. The van der Waals surface area contributed by atoms with Gasteiger partial charge in [-0.1, -0.05) is 0 Å². The number of benzene rings is 1. The van der Waals surface area contributed by atoms with Crippen molar-refractivity contribution in [2.45, 2.75) is 13.5 Å². The number of terminal acetylenes is 1. The number of Topliss-reactive ketones (excluding diaryl/α,β-unsaturated/α-hetero) is 1. The third-order valence-electron chi connectivity index (χ3n) is 2.10. The van der Waals surface area contributed by atoms with Crippen LogP contribution in [-0.4, -0.2) is 11.7 Å². The minimum Gasteiger partial charge on any atom is -0.341 e. The molecule has 3 nitrogen and oxygen atoms in total. The Morgan fingerprint density at radius 2 is 2.06 bits per heavy atom. The van der Waals surface area contributed by atoms with Crippen molar-refractivity contribution in [2.75, 3.05) is 0 Å². The van der Waals surface area contributed by atoms with Crippen LogP contribution in [0, 0.1) is 24.0 Å². The average Bonchev–Trinajstić information content (AvgIpc) is 2.26. The molecule has 88 valence electrons. The maximum Gasteiger partial charge on any atom is 0.295 e. The zero-order valence-corrected chi connectivity index (χ0v) is 9.01. The molecule has 1 amide bonds. The van der Waals surface area contributed by atoms with Crippen molar-refractivity contribution in [1.82, 2.24) is 5.32 Å². The first kappa shape index (κ1) is 12.8. The molecule has 0 saturated carbocycles. The molecule has 0 spiro atoms. The third kappa shape index (κ3) is 3.11. The number of amides is 1. The minimum atomic E-state index is -0.896. The molecule has 0 saturated heterocycles. The predicted octanol–water partition coefficient (Wildman–Crippen LogP) is 1.42. The lowest BCUT2D eigenvalue weighted by Gasteiger charge is -2.08. The quantitative estimate of drug-likeness (QED) is 0.638. The molecule has 0 aliphatic carbocycles. The summed E-state index contributed by atoms with van der Waals surface area (Å²) in [5.41, 5.74) is -0.192. The van der Waals surface area contributed by atoms with Gasteiger partial charge in [-0.25, -0.2) is 8.78 Å². The second kappa shape index (κ2) is 5.21. The van der Waals surface area contributed by atoms with Gasteiger partial charge >= 0.3 is 0 Å². The molecule has 1 aromatic carbocycles. The first-order valence-electron chi connectivity index (χ1n) is 4.69. The Labute approximate surface area is 96.8 Å². The summed E-state index contributed by atoms with van der Waals surface area (Å²) in [6, 6.07) is 1.56. The fraction of sp³-hybridized carbons (Fsp3) is 0.167. The second-order valence-corrected chi connectivity index (χ2v) is 3.30. The summed E-state index contributed by atoms with van der Waals surface area (Å²) in [5, 5.41) is 2.21. The van der Waals surface area contributed by atoms with Crippen molar-refractivity contribution >= 4 is 11.7 Å². The van der Waals surface area contributed by atoms with Crippen LogP contribution >= 0.6 is 0 Å². The fourth-order valence-electron chi connectivity index (χ4n) is 1.32. The molecule has 0 atom stereocenters. The van der Waals surface area contributed by atoms with Crippen molar-refractivity contribution in [2.24, 2.45) is 0 Å². The molecule has 17 heavy (non-hydrogen) atoms. The lowest BCUT2D eigenvalue weighted by Crippen LogP contribution is -2.22. The third-order valence-corrected chi connectivity index (χ3v) is 2.10. The molecule has 0 heterocycles. The topological polar surface area (TPSA) is 46.2 Å². The molecule has 1 N–H and O–H groups in total. The highest BCUT2D eigenvalue weighted by Crippen LogP contribution is 2.16. The van der Waals surface area contributed by atoms with Crippen LogP contribution in [0.1, 0.15) is 22.8 Å². The summed E-state index contributed by atoms with van der Waals surface area (Å²) in [6.45, 7) is 0.921. The maximum atomic E-state index is 13.4. The van der Waals surface area contributed by atoms with Crippen LogP contribution in [0.25, 0.3) is 0 Å². The van der Waals surface area contributed by atoms with Crippen LogP contribution < -0.4 is 5.32 Å². The number of rotatable bonds is 3. The molecule has 1 aromatic rings. The molecule has 0 aromatic heterocycles. The van der Waals surface area contributed by atoms with E-state index in [1.54, 1.807) is 5.92 Å². The standard InChI is InChI=1S/C12H9F2NO2/c1-3-12(17)15-6-10-9(7(2)16)4-8(13)5-11(10)14/h1,4-5H,6H2,2H3,(H,15,17). The molecular weight excluding hydrogens is 228 g/mol. The van der Waals surface area contributed by atoms with Gasteiger partial charge < -0.3 is 5.32 Å². The van der Waals surface area contributed by atoms with E-state index in [1.807, 2.05) is 0 Å². The van der Waals surface area contributed by atoms with Gasteiger partial charge in [0.15, 0.2) is 5.78 Å². The van der Waals surface area contributed by atoms with Gasteiger partial charge in [-0.15, -0.1) is 6.42 Å². The highest BCUT2D eigenvalue weighted by Gasteiger charge is 2.14. The van der Waals surface area contributed by atoms with Crippen molar-refractivity contribution in [1.29, 1.82) is 0 Å². The van der Waals surface area contributed by atoms with E-state index in [0.717, 1.165) is 6.07 Å². The number of carbonyl (C=O) groups excluding carboxylic acids is 2. The summed E-state index contributed by atoms with van der Waals surface area (Å²) in [5.74, 6) is -1.19. The molecular formula is C12H9F2NO2. The van der Waals surface area contributed by atoms with E-state index in [4.69, 9.17) is 6.42 Å². The summed E-state index contributed by atoms with van der Waals surface area (Å²) >= 11 is 0. The van der Waals surface area contributed by atoms with E-state index in [0.29, 0.717) is 6.07 Å². The lowest BCUT2D eigenvalue weighted by molar-refractivity contribution is -0.115. The summed E-state index contributed by atoms with van der Waals surface area (Å²) in [6.07, 6.45) is 4.81. The zero-order valence-electron chi connectivity index (χ0n) is 9.01. The van der Waals surface area contributed by atoms with Gasteiger partial charge in [0, 0.05) is 23.7 Å². The van der Waals surface area contributed by atoms with Crippen molar-refractivity contribution in [3.63, 3.8) is 0 Å². The smallest absolute Gasteiger partial charge is 0.295 e. The van der Waals surface area contributed by atoms with Crippen LogP contribution in [0.2, 0.25) is 0 Å². The van der Waals surface area contributed by atoms with Crippen LogP contribution in [0.15, 0.2) is 12.1 Å². The first-order valence-corrected chi connectivity index (χ1v) is 4.69. The van der Waals surface area contributed by atoms with E-state index in [1.165, 1.54) is 6.92 Å². The highest BCUT2D eigenvalue weighted by molar-refractivity contribution is 5.96. The van der Waals surface area contributed by atoms with Gasteiger partial charge in [0.1, 0.15) is 11.6 Å². The second-order valence-electron chi connectivity index (χ2n) is 3.30. The predicted molar refractivity (Wildman–Crippen MR) is 57.0 cm³/mol. The minimum absolute atomic E-state index is 0.0810. The van der Waals surface area contributed by atoms with Crippen LogP contribution in [-0.2, 0) is 11.3 Å². The van der Waals surface area contributed by atoms with Gasteiger partial charge in [0.05, 0.1) is 0 Å². The Bertz CT molecular complexity index is 518. The summed E-state index contributed by atoms with van der Waals surface area (Å²) < 4.78 is 26.4. The molecule has 0 aliphatic rings. The Hall–Kier alpha value is -2.22. The molecule has 0 unspecified atom stereocenters. The van der Waals surface area contributed by atoms with Crippen molar-refractivity contribution in [3.8, 4) is 12.3 Å². The van der Waals surface area contributed by atoms with E-state index in [2.05, 4.69) is 5.32 Å². The lowest BCUT2D eigenvalue weighted by atomic mass is 10.0. The van der Waals surface area contributed by atoms with Gasteiger partial charge in [-0.2, -0.15) is 0 Å². The number of nitrogens with one attached hydrogen (secondary N) is 1. The first-order chi connectivity index (χ1) is 7.95. The van der Waals surface area contributed by atoms with E-state index >= 15 is 0 Å².